The molecule has 3 rings (SSSR count). The molecule has 0 aliphatic rings. The fraction of sp³-hybridized carbons (Fsp3) is 0.100. The van der Waals surface area contributed by atoms with Gasteiger partial charge in [-0.25, -0.2) is 9.78 Å². The van der Waals surface area contributed by atoms with Crippen LogP contribution in [0.25, 0.3) is 11.1 Å². The van der Waals surface area contributed by atoms with Crippen LogP contribution in [0.2, 0.25) is 5.02 Å². The summed E-state index contributed by atoms with van der Waals surface area (Å²) in [7, 11) is 1.30. The average molecular weight is 422 g/mol. The number of rotatable bonds is 3. The van der Waals surface area contributed by atoms with E-state index in [0.29, 0.717) is 5.82 Å². The van der Waals surface area contributed by atoms with Gasteiger partial charge in [-0.3, -0.25) is 4.90 Å². The third kappa shape index (κ3) is 4.60. The number of pyridine rings is 1. The van der Waals surface area contributed by atoms with Gasteiger partial charge in [0.25, 0.3) is 0 Å². The van der Waals surface area contributed by atoms with E-state index in [1.54, 1.807) is 42.6 Å². The highest BCUT2D eigenvalue weighted by Gasteiger charge is 2.34. The van der Waals surface area contributed by atoms with Gasteiger partial charge in [-0.1, -0.05) is 23.7 Å². The predicted molar refractivity (Wildman–Crippen MR) is 105 cm³/mol. The molecule has 0 aliphatic carbocycles. The van der Waals surface area contributed by atoms with Crippen LogP contribution in [0.4, 0.5) is 29.5 Å². The summed E-state index contributed by atoms with van der Waals surface area (Å²) >= 11 is 5.60. The summed E-state index contributed by atoms with van der Waals surface area (Å²) < 4.78 is 44.3. The lowest BCUT2D eigenvalue weighted by atomic mass is 10.1. The third-order valence-electron chi connectivity index (χ3n) is 4.13. The van der Waals surface area contributed by atoms with Crippen molar-refractivity contribution in [1.29, 1.82) is 0 Å². The number of alkyl halides is 3. The van der Waals surface area contributed by atoms with E-state index < -0.39 is 22.9 Å². The van der Waals surface area contributed by atoms with Gasteiger partial charge in [0, 0.05) is 24.5 Å². The third-order valence-corrected chi connectivity index (χ3v) is 4.46. The van der Waals surface area contributed by atoms with Crippen molar-refractivity contribution in [3.63, 3.8) is 0 Å². The summed E-state index contributed by atoms with van der Waals surface area (Å²) in [5.74, 6) is 0.582. The standard InChI is InChI=1S/C20H15ClF3N3O2/c1-27(13-6-9-17(21)16(11-13)20(22,23)24)19(28)29-14-7-4-12(5-8-14)15-3-2-10-26-18(15)25/h2-11H,1H3,(H2,25,26). The van der Waals surface area contributed by atoms with E-state index in [9.17, 15) is 18.0 Å². The van der Waals surface area contributed by atoms with Crippen molar-refractivity contribution in [2.45, 2.75) is 6.18 Å². The van der Waals surface area contributed by atoms with Gasteiger partial charge in [0.1, 0.15) is 11.6 Å². The maximum absolute atomic E-state index is 13.0. The molecule has 29 heavy (non-hydrogen) atoms. The molecule has 0 fully saturated rings. The second-order valence-electron chi connectivity index (χ2n) is 6.05. The van der Waals surface area contributed by atoms with Crippen molar-refractivity contribution < 1.29 is 22.7 Å². The number of halogens is 4. The zero-order valence-electron chi connectivity index (χ0n) is 15.1. The average Bonchev–Trinajstić information content (AvgIpc) is 2.68. The first-order valence-corrected chi connectivity index (χ1v) is 8.68. The number of nitrogens with zero attached hydrogens (tertiary/aromatic N) is 2. The van der Waals surface area contributed by atoms with E-state index in [1.807, 2.05) is 0 Å². The molecule has 9 heteroatoms. The maximum atomic E-state index is 13.0. The first-order chi connectivity index (χ1) is 13.7. The summed E-state index contributed by atoms with van der Waals surface area (Å²) in [6.45, 7) is 0. The number of hydrogen-bond acceptors (Lipinski definition) is 4. The van der Waals surface area contributed by atoms with Gasteiger partial charge in [-0.2, -0.15) is 13.2 Å². The quantitative estimate of drug-likeness (QED) is 0.594. The fourth-order valence-electron chi connectivity index (χ4n) is 2.58. The van der Waals surface area contributed by atoms with Gasteiger partial charge >= 0.3 is 12.3 Å². The zero-order valence-corrected chi connectivity index (χ0v) is 15.8. The number of aromatic nitrogens is 1. The summed E-state index contributed by atoms with van der Waals surface area (Å²) in [4.78, 5) is 17.3. The zero-order chi connectivity index (χ0) is 21.2. The van der Waals surface area contributed by atoms with Crippen molar-refractivity contribution in [2.24, 2.45) is 0 Å². The molecule has 1 amide bonds. The molecule has 0 spiro atoms. The van der Waals surface area contributed by atoms with E-state index in [2.05, 4.69) is 4.98 Å². The summed E-state index contributed by atoms with van der Waals surface area (Å²) in [5, 5.41) is -0.451. The summed E-state index contributed by atoms with van der Waals surface area (Å²) in [6.07, 6.45) is -3.91. The van der Waals surface area contributed by atoms with Crippen LogP contribution in [0.1, 0.15) is 5.56 Å². The van der Waals surface area contributed by atoms with Gasteiger partial charge in [0.05, 0.1) is 10.6 Å². The van der Waals surface area contributed by atoms with Gasteiger partial charge in [-0.15, -0.1) is 0 Å². The van der Waals surface area contributed by atoms with Gasteiger partial charge in [0.15, 0.2) is 0 Å². The smallest absolute Gasteiger partial charge is 0.410 e. The van der Waals surface area contributed by atoms with Gasteiger partial charge in [-0.05, 0) is 48.0 Å². The van der Waals surface area contributed by atoms with E-state index in [1.165, 1.54) is 13.1 Å². The van der Waals surface area contributed by atoms with Crippen LogP contribution in [-0.4, -0.2) is 18.1 Å². The van der Waals surface area contributed by atoms with Crippen molar-refractivity contribution >= 4 is 29.2 Å². The Morgan fingerprint density at radius 2 is 1.83 bits per heavy atom. The molecule has 0 saturated heterocycles. The normalized spacial score (nSPS) is 11.2. The Morgan fingerprint density at radius 1 is 1.14 bits per heavy atom. The molecule has 2 N–H and O–H groups in total. The molecule has 0 bridgehead atoms. The van der Waals surface area contributed by atoms with Crippen LogP contribution < -0.4 is 15.4 Å². The minimum Gasteiger partial charge on any atom is -0.410 e. The van der Waals surface area contributed by atoms with Gasteiger partial charge in [0.2, 0.25) is 0 Å². The van der Waals surface area contributed by atoms with Crippen LogP contribution in [0.15, 0.2) is 60.8 Å². The number of nitrogens with two attached hydrogens (primary N) is 1. The Morgan fingerprint density at radius 3 is 2.45 bits per heavy atom. The Hall–Kier alpha value is -3.26. The monoisotopic (exact) mass is 421 g/mol. The predicted octanol–water partition coefficient (Wildman–Crippen LogP) is 5.64. The Labute approximate surface area is 169 Å². The number of anilines is 2. The van der Waals surface area contributed by atoms with E-state index in [4.69, 9.17) is 22.1 Å². The highest BCUT2D eigenvalue weighted by molar-refractivity contribution is 6.31. The number of benzene rings is 2. The first kappa shape index (κ1) is 20.5. The Balaban J connectivity index is 1.76. The highest BCUT2D eigenvalue weighted by atomic mass is 35.5. The lowest BCUT2D eigenvalue weighted by Crippen LogP contribution is -2.29. The van der Waals surface area contributed by atoms with E-state index >= 15 is 0 Å². The van der Waals surface area contributed by atoms with Crippen LogP contribution in [-0.2, 0) is 6.18 Å². The van der Waals surface area contributed by atoms with Crippen molar-refractivity contribution in [3.8, 4) is 16.9 Å². The van der Waals surface area contributed by atoms with Crippen molar-refractivity contribution in [2.75, 3.05) is 17.7 Å². The molecule has 0 unspecified atom stereocenters. The first-order valence-electron chi connectivity index (χ1n) is 8.30. The minimum atomic E-state index is -4.64. The molecule has 0 atom stereocenters. The van der Waals surface area contributed by atoms with E-state index in [-0.39, 0.29) is 11.4 Å². The molecule has 0 saturated carbocycles. The molecule has 1 heterocycles. The number of ether oxygens (including phenoxy) is 1. The molecule has 0 aliphatic heterocycles. The van der Waals surface area contributed by atoms with Crippen LogP contribution in [0, 0.1) is 0 Å². The number of hydrogen-bond donors (Lipinski definition) is 1. The van der Waals surface area contributed by atoms with Crippen LogP contribution >= 0.6 is 11.6 Å². The number of amides is 1. The molecule has 3 aromatic rings. The second kappa shape index (κ2) is 8.00. The molecule has 0 radical (unpaired) electrons. The number of carbonyl (C=O) groups is 1. The topological polar surface area (TPSA) is 68.5 Å². The van der Waals surface area contributed by atoms with Gasteiger partial charge < -0.3 is 10.5 Å². The molecule has 2 aromatic carbocycles. The minimum absolute atomic E-state index is 0.00789. The molecule has 1 aromatic heterocycles. The molecular weight excluding hydrogens is 407 g/mol. The lowest BCUT2D eigenvalue weighted by molar-refractivity contribution is -0.137. The molecular formula is C20H15ClF3N3O2. The number of nitrogen functional groups attached to an aromatic ring is 1. The summed E-state index contributed by atoms with van der Waals surface area (Å²) in [5.41, 5.74) is 6.30. The fourth-order valence-corrected chi connectivity index (χ4v) is 2.80. The Kier molecular flexibility index (Phi) is 5.65. The Bertz CT molecular complexity index is 1040. The van der Waals surface area contributed by atoms with Crippen LogP contribution in [0.3, 0.4) is 0 Å². The largest absolute Gasteiger partial charge is 0.419 e. The van der Waals surface area contributed by atoms with Crippen LogP contribution in [0.5, 0.6) is 5.75 Å². The maximum Gasteiger partial charge on any atom is 0.419 e. The second-order valence-corrected chi connectivity index (χ2v) is 6.46. The highest BCUT2D eigenvalue weighted by Crippen LogP contribution is 2.37. The number of carbonyl (C=O) groups excluding carboxylic acids is 1. The lowest BCUT2D eigenvalue weighted by Gasteiger charge is -2.19. The van der Waals surface area contributed by atoms with Crippen molar-refractivity contribution in [3.05, 3.63) is 71.4 Å². The summed E-state index contributed by atoms with van der Waals surface area (Å²) in [6, 6.07) is 13.2. The SMILES string of the molecule is CN(C(=O)Oc1ccc(-c2cccnc2N)cc1)c1ccc(Cl)c(C(F)(F)F)c1. The van der Waals surface area contributed by atoms with E-state index in [0.717, 1.165) is 28.2 Å². The molecule has 150 valence electrons. The van der Waals surface area contributed by atoms with Crippen molar-refractivity contribution in [1.82, 2.24) is 4.98 Å². The molecule has 5 nitrogen and oxygen atoms in total.